The average molecular weight is 211 g/mol. The minimum absolute atomic E-state index is 0.0224. The van der Waals surface area contributed by atoms with Crippen molar-refractivity contribution in [1.29, 1.82) is 0 Å². The fourth-order valence-corrected chi connectivity index (χ4v) is 1.84. The zero-order valence-corrected chi connectivity index (χ0v) is 9.12. The molecule has 2 N–H and O–H groups in total. The van der Waals surface area contributed by atoms with Crippen LogP contribution in [-0.4, -0.2) is 23.0 Å². The van der Waals surface area contributed by atoms with E-state index < -0.39 is 5.97 Å². The van der Waals surface area contributed by atoms with Crippen LogP contribution in [0.4, 0.5) is 0 Å². The van der Waals surface area contributed by atoms with Gasteiger partial charge in [-0.25, -0.2) is 0 Å². The van der Waals surface area contributed by atoms with E-state index in [0.717, 1.165) is 12.0 Å². The van der Waals surface area contributed by atoms with Crippen LogP contribution in [0.5, 0.6) is 0 Å². The molecule has 1 rings (SSSR count). The van der Waals surface area contributed by atoms with Gasteiger partial charge in [-0.2, -0.15) is 0 Å². The van der Waals surface area contributed by atoms with Gasteiger partial charge in [-0.3, -0.25) is 9.59 Å². The number of carboxylic acid groups (broad SMARTS) is 1. The number of amides is 1. The van der Waals surface area contributed by atoms with Crippen molar-refractivity contribution < 1.29 is 14.7 Å². The van der Waals surface area contributed by atoms with Crippen molar-refractivity contribution in [3.63, 3.8) is 0 Å². The molecule has 1 saturated carbocycles. The van der Waals surface area contributed by atoms with Gasteiger partial charge in [0.05, 0.1) is 5.92 Å². The highest BCUT2D eigenvalue weighted by Gasteiger charge is 2.30. The third kappa shape index (κ3) is 3.73. The first-order chi connectivity index (χ1) is 6.99. The van der Waals surface area contributed by atoms with Gasteiger partial charge in [0.15, 0.2) is 0 Å². The molecule has 4 heteroatoms. The summed E-state index contributed by atoms with van der Waals surface area (Å²) in [7, 11) is 0. The molecule has 0 bridgehead atoms. The molecule has 1 amide bonds. The molecule has 0 heterocycles. The van der Waals surface area contributed by atoms with Crippen molar-refractivity contribution >= 4 is 11.9 Å². The lowest BCUT2D eigenvalue weighted by Gasteiger charge is -2.10. The lowest BCUT2D eigenvalue weighted by atomic mass is 10.1. The van der Waals surface area contributed by atoms with Crippen molar-refractivity contribution in [2.75, 3.05) is 0 Å². The molecule has 0 radical (unpaired) electrons. The number of hydrogen-bond acceptors (Lipinski definition) is 2. The van der Waals surface area contributed by atoms with Crippen LogP contribution in [0.2, 0.25) is 0 Å². The summed E-state index contributed by atoms with van der Waals surface area (Å²) in [5.74, 6) is -1.16. The molecule has 0 aromatic heterocycles. The molecule has 1 fully saturated rings. The van der Waals surface area contributed by atoms with Crippen LogP contribution in [0.3, 0.4) is 0 Å². The molecular formula is C11H17NO3. The number of hydrogen-bond donors (Lipinski definition) is 2. The lowest BCUT2D eigenvalue weighted by Crippen LogP contribution is -2.32. The van der Waals surface area contributed by atoms with Gasteiger partial charge in [0.25, 0.3) is 0 Å². The van der Waals surface area contributed by atoms with Crippen molar-refractivity contribution in [3.8, 4) is 0 Å². The minimum atomic E-state index is -0.756. The van der Waals surface area contributed by atoms with Gasteiger partial charge in [0, 0.05) is 12.1 Å². The summed E-state index contributed by atoms with van der Waals surface area (Å²) in [5.41, 5.74) is 0.945. The van der Waals surface area contributed by atoms with E-state index in [1.54, 1.807) is 0 Å². The molecule has 0 aliphatic heterocycles. The van der Waals surface area contributed by atoms with Gasteiger partial charge in [0.1, 0.15) is 0 Å². The Morgan fingerprint density at radius 3 is 2.47 bits per heavy atom. The topological polar surface area (TPSA) is 66.4 Å². The number of allylic oxidation sites excluding steroid dienone is 1. The minimum Gasteiger partial charge on any atom is -0.481 e. The van der Waals surface area contributed by atoms with Crippen molar-refractivity contribution in [2.45, 2.75) is 39.2 Å². The summed E-state index contributed by atoms with van der Waals surface area (Å²) in [6, 6.07) is 0.0224. The Hall–Kier alpha value is -1.32. The summed E-state index contributed by atoms with van der Waals surface area (Å²) in [4.78, 5) is 22.0. The Morgan fingerprint density at radius 2 is 2.00 bits per heavy atom. The van der Waals surface area contributed by atoms with Gasteiger partial charge in [-0.15, -0.1) is 0 Å². The number of aliphatic carboxylic acids is 1. The highest BCUT2D eigenvalue weighted by molar-refractivity contribution is 5.88. The first-order valence-corrected chi connectivity index (χ1v) is 5.17. The fourth-order valence-electron chi connectivity index (χ4n) is 1.84. The summed E-state index contributed by atoms with van der Waals surface area (Å²) >= 11 is 0. The summed E-state index contributed by atoms with van der Waals surface area (Å²) in [6.07, 6.45) is 3.51. The predicted octanol–water partition coefficient (Wildman–Crippen LogP) is 1.32. The lowest BCUT2D eigenvalue weighted by molar-refractivity contribution is -0.141. The van der Waals surface area contributed by atoms with Crippen LogP contribution in [0.25, 0.3) is 0 Å². The van der Waals surface area contributed by atoms with E-state index in [-0.39, 0.29) is 17.9 Å². The highest BCUT2D eigenvalue weighted by atomic mass is 16.4. The standard InChI is InChI=1S/C11H17NO3/c1-7(2)5-10(13)12-9-4-3-8(6-9)11(14)15/h5,8-9H,3-4,6H2,1-2H3,(H,12,13)(H,14,15)/t8-,9-/m1/s1. The largest absolute Gasteiger partial charge is 0.481 e. The Labute approximate surface area is 89.4 Å². The van der Waals surface area contributed by atoms with E-state index in [2.05, 4.69) is 5.32 Å². The second-order valence-electron chi connectivity index (χ2n) is 4.28. The van der Waals surface area contributed by atoms with Crippen LogP contribution in [-0.2, 0) is 9.59 Å². The van der Waals surface area contributed by atoms with E-state index in [0.29, 0.717) is 12.8 Å². The fraction of sp³-hybridized carbons (Fsp3) is 0.636. The third-order valence-corrected chi connectivity index (χ3v) is 2.55. The average Bonchev–Trinajstić information content (AvgIpc) is 2.50. The first kappa shape index (κ1) is 11.8. The van der Waals surface area contributed by atoms with E-state index in [9.17, 15) is 9.59 Å². The normalized spacial score (nSPS) is 24.7. The Morgan fingerprint density at radius 1 is 1.33 bits per heavy atom. The zero-order valence-electron chi connectivity index (χ0n) is 9.12. The van der Waals surface area contributed by atoms with Gasteiger partial charge >= 0.3 is 5.97 Å². The number of carbonyl (C=O) groups is 2. The summed E-state index contributed by atoms with van der Waals surface area (Å²) in [5, 5.41) is 11.6. The molecule has 0 spiro atoms. The molecule has 2 atom stereocenters. The maximum Gasteiger partial charge on any atom is 0.306 e. The van der Waals surface area contributed by atoms with Gasteiger partial charge in [0.2, 0.25) is 5.91 Å². The molecule has 4 nitrogen and oxygen atoms in total. The second-order valence-corrected chi connectivity index (χ2v) is 4.28. The Balaban J connectivity index is 2.39. The van der Waals surface area contributed by atoms with Crippen molar-refractivity contribution in [1.82, 2.24) is 5.32 Å². The van der Waals surface area contributed by atoms with Crippen LogP contribution < -0.4 is 5.32 Å². The number of carbonyl (C=O) groups excluding carboxylic acids is 1. The molecule has 0 aromatic carbocycles. The first-order valence-electron chi connectivity index (χ1n) is 5.17. The molecule has 15 heavy (non-hydrogen) atoms. The molecule has 84 valence electrons. The highest BCUT2D eigenvalue weighted by Crippen LogP contribution is 2.25. The third-order valence-electron chi connectivity index (χ3n) is 2.55. The molecule has 0 unspecified atom stereocenters. The van der Waals surface area contributed by atoms with Gasteiger partial charge in [-0.05, 0) is 33.1 Å². The van der Waals surface area contributed by atoms with E-state index in [4.69, 9.17) is 5.11 Å². The van der Waals surface area contributed by atoms with Gasteiger partial charge in [-0.1, -0.05) is 5.57 Å². The summed E-state index contributed by atoms with van der Waals surface area (Å²) in [6.45, 7) is 3.71. The van der Waals surface area contributed by atoms with E-state index in [1.165, 1.54) is 6.08 Å². The molecule has 1 aliphatic rings. The molecule has 1 aliphatic carbocycles. The quantitative estimate of drug-likeness (QED) is 0.692. The maximum absolute atomic E-state index is 11.4. The molecule has 0 saturated heterocycles. The Kier molecular flexibility index (Phi) is 3.88. The summed E-state index contributed by atoms with van der Waals surface area (Å²) < 4.78 is 0. The Bertz CT molecular complexity index is 292. The predicted molar refractivity (Wildman–Crippen MR) is 56.3 cm³/mol. The monoisotopic (exact) mass is 211 g/mol. The van der Waals surface area contributed by atoms with Crippen LogP contribution in [0.15, 0.2) is 11.6 Å². The molecule has 0 aromatic rings. The van der Waals surface area contributed by atoms with Crippen molar-refractivity contribution in [3.05, 3.63) is 11.6 Å². The van der Waals surface area contributed by atoms with Crippen LogP contribution in [0, 0.1) is 5.92 Å². The van der Waals surface area contributed by atoms with Crippen LogP contribution in [0.1, 0.15) is 33.1 Å². The maximum atomic E-state index is 11.4. The van der Waals surface area contributed by atoms with Crippen LogP contribution >= 0.6 is 0 Å². The number of rotatable bonds is 3. The van der Waals surface area contributed by atoms with E-state index >= 15 is 0 Å². The zero-order chi connectivity index (χ0) is 11.4. The van der Waals surface area contributed by atoms with E-state index in [1.807, 2.05) is 13.8 Å². The smallest absolute Gasteiger partial charge is 0.306 e. The SMILES string of the molecule is CC(C)=CC(=O)N[C@@H]1CC[C@@H](C(=O)O)C1. The number of nitrogens with one attached hydrogen (secondary N) is 1. The van der Waals surface area contributed by atoms with Crippen molar-refractivity contribution in [2.24, 2.45) is 5.92 Å². The number of carboxylic acids is 1. The molecular weight excluding hydrogens is 194 g/mol. The second kappa shape index (κ2) is 4.96. The van der Waals surface area contributed by atoms with Gasteiger partial charge < -0.3 is 10.4 Å².